The first kappa shape index (κ1) is 18.1. The van der Waals surface area contributed by atoms with Crippen molar-refractivity contribution in [1.82, 2.24) is 14.9 Å². The molecule has 0 radical (unpaired) electrons. The van der Waals surface area contributed by atoms with Crippen molar-refractivity contribution in [2.45, 2.75) is 43.5 Å². The van der Waals surface area contributed by atoms with Crippen molar-refractivity contribution in [3.8, 4) is 22.8 Å². The lowest BCUT2D eigenvalue weighted by atomic mass is 10.1. The lowest BCUT2D eigenvalue weighted by Gasteiger charge is -2.17. The normalized spacial score (nSPS) is 24.1. The smallest absolute Gasteiger partial charge is 0.387 e. The molecule has 2 aliphatic carbocycles. The van der Waals surface area contributed by atoms with E-state index in [1.165, 1.54) is 19.3 Å². The molecular weight excluding hydrogens is 387 g/mol. The second kappa shape index (κ2) is 6.27. The summed E-state index contributed by atoms with van der Waals surface area (Å²) >= 11 is 0. The van der Waals surface area contributed by atoms with Crippen molar-refractivity contribution in [2.75, 3.05) is 7.11 Å². The Balaban J connectivity index is 1.59. The van der Waals surface area contributed by atoms with Crippen LogP contribution in [-0.4, -0.2) is 40.9 Å². The van der Waals surface area contributed by atoms with Gasteiger partial charge in [0.2, 0.25) is 0 Å². The highest BCUT2D eigenvalue weighted by Crippen LogP contribution is 2.57. The molecule has 1 amide bonds. The standard InChI is InChI=1S/C20H18F3N3O3/c1-28-14-6-10(13-9-24-17-12-8-20(12,23)4-5-26(13)17)7-15(29-19(21)22)16(14)18(27)25-11-2-3-11/h4-7,9,11-12,19H,2-3,8H2,1H3,(H,25,27)/t12?,20-/m0/s1. The Morgan fingerprint density at radius 1 is 1.34 bits per heavy atom. The van der Waals surface area contributed by atoms with Gasteiger partial charge < -0.3 is 19.4 Å². The highest BCUT2D eigenvalue weighted by Gasteiger charge is 2.58. The fraction of sp³-hybridized carbons (Fsp3) is 0.400. The molecule has 5 rings (SSSR count). The van der Waals surface area contributed by atoms with E-state index in [9.17, 15) is 18.0 Å². The molecule has 0 saturated heterocycles. The molecule has 1 aliphatic heterocycles. The lowest BCUT2D eigenvalue weighted by molar-refractivity contribution is -0.0502. The van der Waals surface area contributed by atoms with Gasteiger partial charge in [-0.2, -0.15) is 8.78 Å². The van der Waals surface area contributed by atoms with Gasteiger partial charge in [0, 0.05) is 17.8 Å². The van der Waals surface area contributed by atoms with Crippen LogP contribution in [0.25, 0.3) is 17.5 Å². The van der Waals surface area contributed by atoms with Crippen molar-refractivity contribution in [3.63, 3.8) is 0 Å². The number of rotatable bonds is 6. The number of allylic oxidation sites excluding steroid dienone is 1. The average molecular weight is 405 g/mol. The van der Waals surface area contributed by atoms with Crippen molar-refractivity contribution in [1.29, 1.82) is 0 Å². The van der Waals surface area contributed by atoms with Crippen LogP contribution in [0.3, 0.4) is 0 Å². The zero-order valence-corrected chi connectivity index (χ0v) is 15.5. The number of hydrogen-bond donors (Lipinski definition) is 1. The molecule has 1 aromatic carbocycles. The molecule has 1 unspecified atom stereocenters. The average Bonchev–Trinajstić information content (AvgIpc) is 3.57. The van der Waals surface area contributed by atoms with Gasteiger partial charge in [-0.1, -0.05) is 0 Å². The molecule has 2 fully saturated rings. The molecule has 0 bridgehead atoms. The minimum absolute atomic E-state index is 0.0396. The van der Waals surface area contributed by atoms with E-state index >= 15 is 0 Å². The van der Waals surface area contributed by atoms with Crippen LogP contribution >= 0.6 is 0 Å². The van der Waals surface area contributed by atoms with Crippen molar-refractivity contribution >= 4 is 12.1 Å². The highest BCUT2D eigenvalue weighted by molar-refractivity contribution is 6.01. The third-order valence-corrected chi connectivity index (χ3v) is 5.51. The summed E-state index contributed by atoms with van der Waals surface area (Å²) in [5.41, 5.74) is -0.389. The molecule has 6 nitrogen and oxygen atoms in total. The van der Waals surface area contributed by atoms with E-state index in [0.29, 0.717) is 23.5 Å². The van der Waals surface area contributed by atoms with Crippen LogP contribution in [-0.2, 0) is 0 Å². The fourth-order valence-electron chi connectivity index (χ4n) is 3.74. The summed E-state index contributed by atoms with van der Waals surface area (Å²) in [7, 11) is 1.35. The quantitative estimate of drug-likeness (QED) is 0.796. The lowest BCUT2D eigenvalue weighted by Crippen LogP contribution is -2.26. The SMILES string of the molecule is COc1cc(-c2cnc3n2C=C[C@]2(F)CC32)cc(OC(F)F)c1C(=O)NC1CC1. The Morgan fingerprint density at radius 3 is 2.79 bits per heavy atom. The zero-order valence-electron chi connectivity index (χ0n) is 15.5. The molecular formula is C20H18F3N3O3. The topological polar surface area (TPSA) is 65.4 Å². The molecule has 2 saturated carbocycles. The number of hydrogen-bond acceptors (Lipinski definition) is 4. The first-order chi connectivity index (χ1) is 13.9. The number of imidazole rings is 1. The Bertz CT molecular complexity index is 1030. The number of nitrogens with one attached hydrogen (secondary N) is 1. The van der Waals surface area contributed by atoms with Crippen LogP contribution < -0.4 is 14.8 Å². The first-order valence-electron chi connectivity index (χ1n) is 9.33. The summed E-state index contributed by atoms with van der Waals surface area (Å²) in [6.45, 7) is -3.11. The van der Waals surface area contributed by atoms with E-state index in [2.05, 4.69) is 15.0 Å². The molecule has 1 N–H and O–H groups in total. The summed E-state index contributed by atoms with van der Waals surface area (Å²) in [6.07, 6.45) is 6.71. The molecule has 3 aliphatic rings. The molecule has 2 aromatic rings. The van der Waals surface area contributed by atoms with E-state index in [4.69, 9.17) is 4.74 Å². The van der Waals surface area contributed by atoms with Gasteiger partial charge in [0.15, 0.2) is 0 Å². The molecule has 29 heavy (non-hydrogen) atoms. The van der Waals surface area contributed by atoms with E-state index in [1.54, 1.807) is 23.0 Å². The number of halogens is 3. The number of nitrogens with zero attached hydrogens (tertiary/aromatic N) is 2. The summed E-state index contributed by atoms with van der Waals surface area (Å²) in [6, 6.07) is 2.97. The molecule has 152 valence electrons. The Morgan fingerprint density at radius 2 is 2.10 bits per heavy atom. The summed E-state index contributed by atoms with van der Waals surface area (Å²) in [5, 5.41) is 2.76. The number of carbonyl (C=O) groups excluding carboxylic acids is 1. The van der Waals surface area contributed by atoms with Gasteiger partial charge in [0.1, 0.15) is 28.6 Å². The van der Waals surface area contributed by atoms with E-state index in [-0.39, 0.29) is 29.0 Å². The number of ether oxygens (including phenoxy) is 2. The van der Waals surface area contributed by atoms with Crippen LogP contribution in [0.1, 0.15) is 41.4 Å². The third-order valence-electron chi connectivity index (χ3n) is 5.51. The maximum absolute atomic E-state index is 14.3. The maximum atomic E-state index is 14.3. The fourth-order valence-corrected chi connectivity index (χ4v) is 3.74. The molecule has 2 atom stereocenters. The van der Waals surface area contributed by atoms with Gasteiger partial charge in [-0.15, -0.1) is 0 Å². The van der Waals surface area contributed by atoms with Gasteiger partial charge in [-0.3, -0.25) is 4.79 Å². The number of fused-ring (bicyclic) bond motifs is 3. The Labute approximate surface area is 164 Å². The van der Waals surface area contributed by atoms with Gasteiger partial charge in [-0.25, -0.2) is 9.37 Å². The summed E-state index contributed by atoms with van der Waals surface area (Å²) in [5.74, 6) is -0.423. The minimum Gasteiger partial charge on any atom is -0.496 e. The van der Waals surface area contributed by atoms with Crippen LogP contribution in [0, 0.1) is 0 Å². The van der Waals surface area contributed by atoms with E-state index in [1.807, 2.05) is 0 Å². The predicted octanol–water partition coefficient (Wildman–Crippen LogP) is 3.73. The van der Waals surface area contributed by atoms with Crippen LogP contribution in [0.15, 0.2) is 24.4 Å². The summed E-state index contributed by atoms with van der Waals surface area (Å²) < 4.78 is 52.1. The first-order valence-corrected chi connectivity index (χ1v) is 9.33. The van der Waals surface area contributed by atoms with Gasteiger partial charge in [-0.05, 0) is 37.5 Å². The maximum Gasteiger partial charge on any atom is 0.387 e. The molecule has 9 heteroatoms. The summed E-state index contributed by atoms with van der Waals surface area (Å²) in [4.78, 5) is 16.9. The van der Waals surface area contributed by atoms with Gasteiger partial charge in [0.25, 0.3) is 5.91 Å². The molecule has 2 heterocycles. The highest BCUT2D eigenvalue weighted by atomic mass is 19.3. The Kier molecular flexibility index (Phi) is 3.91. The number of aromatic nitrogens is 2. The van der Waals surface area contributed by atoms with Crippen LogP contribution in [0.2, 0.25) is 0 Å². The zero-order chi connectivity index (χ0) is 20.3. The van der Waals surface area contributed by atoms with Crippen molar-refractivity contribution in [2.24, 2.45) is 0 Å². The third kappa shape index (κ3) is 3.04. The van der Waals surface area contributed by atoms with Crippen molar-refractivity contribution < 1.29 is 27.4 Å². The van der Waals surface area contributed by atoms with Gasteiger partial charge >= 0.3 is 6.61 Å². The second-order valence-electron chi connectivity index (χ2n) is 7.55. The largest absolute Gasteiger partial charge is 0.496 e. The number of benzene rings is 1. The number of alkyl halides is 3. The predicted molar refractivity (Wildman–Crippen MR) is 97.9 cm³/mol. The van der Waals surface area contributed by atoms with E-state index < -0.39 is 18.2 Å². The van der Waals surface area contributed by atoms with Crippen LogP contribution in [0.4, 0.5) is 13.2 Å². The molecule has 0 spiro atoms. The van der Waals surface area contributed by atoms with Crippen molar-refractivity contribution in [3.05, 3.63) is 35.8 Å². The number of methoxy groups -OCH3 is 1. The molecule has 1 aromatic heterocycles. The second-order valence-corrected chi connectivity index (χ2v) is 7.55. The number of amides is 1. The van der Waals surface area contributed by atoms with Crippen LogP contribution in [0.5, 0.6) is 11.5 Å². The Hall–Kier alpha value is -2.97. The number of carbonyl (C=O) groups is 1. The minimum atomic E-state index is -3.11. The van der Waals surface area contributed by atoms with Gasteiger partial charge in [0.05, 0.1) is 24.9 Å². The van der Waals surface area contributed by atoms with E-state index in [0.717, 1.165) is 12.8 Å². The monoisotopic (exact) mass is 405 g/mol.